The number of methoxy groups -OCH3 is 1. The van der Waals surface area contributed by atoms with Crippen molar-refractivity contribution in [1.82, 2.24) is 20.4 Å². The zero-order valence-electron chi connectivity index (χ0n) is 20.0. The molecule has 0 saturated heterocycles. The molecule has 0 aliphatic heterocycles. The highest BCUT2D eigenvalue weighted by Crippen LogP contribution is 2.28. The summed E-state index contributed by atoms with van der Waals surface area (Å²) in [5.41, 5.74) is 4.90. The molecule has 0 unspecified atom stereocenters. The Morgan fingerprint density at radius 3 is 2.55 bits per heavy atom. The molecule has 1 heterocycles. The molecule has 0 aliphatic rings. The molecule has 0 aliphatic carbocycles. The summed E-state index contributed by atoms with van der Waals surface area (Å²) in [5.74, 6) is 2.43. The summed E-state index contributed by atoms with van der Waals surface area (Å²) in [4.78, 5) is 4.82. The molecule has 0 fully saturated rings. The highest BCUT2D eigenvalue weighted by atomic mass is 16.5. The van der Waals surface area contributed by atoms with Gasteiger partial charge >= 0.3 is 0 Å². The molecule has 1 aromatic heterocycles. The van der Waals surface area contributed by atoms with Gasteiger partial charge in [-0.25, -0.2) is 4.99 Å². The van der Waals surface area contributed by atoms with Crippen molar-refractivity contribution >= 4 is 5.96 Å². The number of nitrogens with one attached hydrogen (secondary N) is 2. The molecule has 0 amide bonds. The van der Waals surface area contributed by atoms with E-state index in [1.165, 1.54) is 16.8 Å². The summed E-state index contributed by atoms with van der Waals surface area (Å²) >= 11 is 0. The van der Waals surface area contributed by atoms with Crippen LogP contribution in [0.2, 0.25) is 0 Å². The van der Waals surface area contributed by atoms with Gasteiger partial charge in [0.2, 0.25) is 0 Å². The van der Waals surface area contributed by atoms with E-state index in [0.29, 0.717) is 13.2 Å². The highest BCUT2D eigenvalue weighted by molar-refractivity contribution is 5.79. The summed E-state index contributed by atoms with van der Waals surface area (Å²) in [6.45, 7) is 11.3. The molecular weight excluding hydrogens is 390 g/mol. The quantitative estimate of drug-likeness (QED) is 0.306. The smallest absolute Gasteiger partial charge is 0.191 e. The summed E-state index contributed by atoms with van der Waals surface area (Å²) in [7, 11) is 3.69. The Hall–Kier alpha value is -2.70. The first-order valence-electron chi connectivity index (χ1n) is 11.4. The first kappa shape index (κ1) is 24.6. The number of guanidine groups is 1. The maximum absolute atomic E-state index is 5.68. The Kier molecular flexibility index (Phi) is 10.2. The molecule has 1 aromatic carbocycles. The predicted octanol–water partition coefficient (Wildman–Crippen LogP) is 3.64. The van der Waals surface area contributed by atoms with Gasteiger partial charge in [0.1, 0.15) is 0 Å². The zero-order chi connectivity index (χ0) is 22.6. The monoisotopic (exact) mass is 429 g/mol. The lowest BCUT2D eigenvalue weighted by molar-refractivity contribution is 0.310. The van der Waals surface area contributed by atoms with Gasteiger partial charge in [-0.05, 0) is 57.2 Å². The molecule has 0 atom stereocenters. The van der Waals surface area contributed by atoms with Crippen molar-refractivity contribution < 1.29 is 9.47 Å². The van der Waals surface area contributed by atoms with Crippen molar-refractivity contribution in [3.8, 4) is 11.5 Å². The van der Waals surface area contributed by atoms with Gasteiger partial charge < -0.3 is 20.1 Å². The molecule has 0 bridgehead atoms. The molecule has 2 aromatic rings. The van der Waals surface area contributed by atoms with Gasteiger partial charge in [-0.3, -0.25) is 4.68 Å². The Balaban J connectivity index is 1.95. The highest BCUT2D eigenvalue weighted by Gasteiger charge is 2.13. The van der Waals surface area contributed by atoms with Crippen molar-refractivity contribution in [2.45, 2.75) is 59.9 Å². The molecule has 0 spiro atoms. The Labute approximate surface area is 187 Å². The third-order valence-corrected chi connectivity index (χ3v) is 5.23. The van der Waals surface area contributed by atoms with Crippen molar-refractivity contribution in [1.29, 1.82) is 0 Å². The minimum absolute atomic E-state index is 0.625. The lowest BCUT2D eigenvalue weighted by Gasteiger charge is -2.13. The van der Waals surface area contributed by atoms with Crippen LogP contribution >= 0.6 is 0 Å². The molecule has 0 saturated carbocycles. The fourth-order valence-electron chi connectivity index (χ4n) is 3.72. The van der Waals surface area contributed by atoms with Crippen molar-refractivity contribution in [3.05, 3.63) is 40.7 Å². The number of nitrogens with zero attached hydrogens (tertiary/aromatic N) is 3. The average Bonchev–Trinajstić information content (AvgIpc) is 3.09. The van der Waals surface area contributed by atoms with Crippen molar-refractivity contribution in [2.75, 3.05) is 26.8 Å². The second kappa shape index (κ2) is 12.9. The third-order valence-electron chi connectivity index (χ3n) is 5.23. The Morgan fingerprint density at radius 2 is 1.90 bits per heavy atom. The van der Waals surface area contributed by atoms with E-state index >= 15 is 0 Å². The number of hydrogen-bond donors (Lipinski definition) is 2. The van der Waals surface area contributed by atoms with Crippen LogP contribution in [0.1, 0.15) is 56.6 Å². The lowest BCUT2D eigenvalue weighted by atomic mass is 10.1. The first-order valence-corrected chi connectivity index (χ1v) is 11.4. The van der Waals surface area contributed by atoms with E-state index < -0.39 is 0 Å². The number of ether oxygens (including phenoxy) is 2. The van der Waals surface area contributed by atoms with E-state index in [1.807, 2.05) is 24.7 Å². The molecule has 31 heavy (non-hydrogen) atoms. The van der Waals surface area contributed by atoms with Crippen LogP contribution in [0.4, 0.5) is 0 Å². The number of aromatic nitrogens is 2. The summed E-state index contributed by atoms with van der Waals surface area (Å²) < 4.78 is 13.0. The zero-order valence-corrected chi connectivity index (χ0v) is 20.0. The number of aliphatic imine (C=N–C) groups is 1. The van der Waals surface area contributed by atoms with Crippen molar-refractivity contribution in [2.24, 2.45) is 12.0 Å². The third kappa shape index (κ3) is 6.91. The molecule has 0 radical (unpaired) electrons. The van der Waals surface area contributed by atoms with Crippen LogP contribution in [0.15, 0.2) is 23.2 Å². The maximum atomic E-state index is 5.68. The SMILES string of the molecule is CCNC(=NCc1c(CC)nn(C)c1CC)NCCCc1ccc(OC)c(OCC)c1. The van der Waals surface area contributed by atoms with E-state index in [1.54, 1.807) is 7.11 Å². The van der Waals surface area contributed by atoms with Crippen LogP contribution in [-0.2, 0) is 32.9 Å². The second-order valence-corrected chi connectivity index (χ2v) is 7.35. The molecule has 172 valence electrons. The van der Waals surface area contributed by atoms with Gasteiger partial charge in [-0.1, -0.05) is 19.9 Å². The number of rotatable bonds is 12. The summed E-state index contributed by atoms with van der Waals surface area (Å²) in [6, 6.07) is 6.15. The second-order valence-electron chi connectivity index (χ2n) is 7.35. The Bertz CT molecular complexity index is 845. The minimum Gasteiger partial charge on any atom is -0.493 e. The minimum atomic E-state index is 0.625. The molecule has 7 heteroatoms. The van der Waals surface area contributed by atoms with Gasteiger partial charge in [0, 0.05) is 31.4 Å². The van der Waals surface area contributed by atoms with Crippen molar-refractivity contribution in [3.63, 3.8) is 0 Å². The van der Waals surface area contributed by atoms with E-state index in [9.17, 15) is 0 Å². The predicted molar refractivity (Wildman–Crippen MR) is 127 cm³/mol. The van der Waals surface area contributed by atoms with Crippen LogP contribution in [0.25, 0.3) is 0 Å². The number of hydrogen-bond acceptors (Lipinski definition) is 4. The van der Waals surface area contributed by atoms with Gasteiger partial charge in [-0.15, -0.1) is 0 Å². The summed E-state index contributed by atoms with van der Waals surface area (Å²) in [5, 5.41) is 11.5. The van der Waals surface area contributed by atoms with Crippen LogP contribution in [0.3, 0.4) is 0 Å². The summed E-state index contributed by atoms with van der Waals surface area (Å²) in [6.07, 6.45) is 3.84. The largest absolute Gasteiger partial charge is 0.493 e. The van der Waals surface area contributed by atoms with E-state index in [-0.39, 0.29) is 0 Å². The lowest BCUT2D eigenvalue weighted by Crippen LogP contribution is -2.37. The van der Waals surface area contributed by atoms with Gasteiger partial charge in [0.05, 0.1) is 26.0 Å². The van der Waals surface area contributed by atoms with E-state index in [2.05, 4.69) is 48.6 Å². The topological polar surface area (TPSA) is 72.7 Å². The van der Waals surface area contributed by atoms with Crippen LogP contribution in [-0.4, -0.2) is 42.5 Å². The van der Waals surface area contributed by atoms with Gasteiger partial charge in [-0.2, -0.15) is 5.10 Å². The average molecular weight is 430 g/mol. The number of benzene rings is 1. The molecular formula is C24H39N5O2. The van der Waals surface area contributed by atoms with Gasteiger partial charge in [0.15, 0.2) is 17.5 Å². The Morgan fingerprint density at radius 1 is 1.10 bits per heavy atom. The maximum Gasteiger partial charge on any atom is 0.191 e. The van der Waals surface area contributed by atoms with E-state index in [4.69, 9.17) is 14.5 Å². The van der Waals surface area contributed by atoms with Crippen LogP contribution in [0, 0.1) is 0 Å². The number of aryl methyl sites for hydroxylation is 3. The van der Waals surface area contributed by atoms with Crippen LogP contribution < -0.4 is 20.1 Å². The molecule has 2 rings (SSSR count). The van der Waals surface area contributed by atoms with Gasteiger partial charge in [0.25, 0.3) is 0 Å². The molecule has 7 nitrogen and oxygen atoms in total. The van der Waals surface area contributed by atoms with Crippen LogP contribution in [0.5, 0.6) is 11.5 Å². The fraction of sp³-hybridized carbons (Fsp3) is 0.583. The van der Waals surface area contributed by atoms with E-state index in [0.717, 1.165) is 61.9 Å². The fourth-order valence-corrected chi connectivity index (χ4v) is 3.72. The molecule has 2 N–H and O–H groups in total. The normalized spacial score (nSPS) is 11.5. The first-order chi connectivity index (χ1) is 15.1. The standard InChI is InChI=1S/C24H39N5O2/c1-7-20-19(21(8-2)29(5)28-20)17-27-24(25-9-3)26-15-11-12-18-13-14-22(30-6)23(16-18)31-10-4/h13-14,16H,7-12,15,17H2,1-6H3,(H2,25,26,27).